The molecule has 5 heteroatoms. The first-order valence-electron chi connectivity index (χ1n) is 4.65. The summed E-state index contributed by atoms with van der Waals surface area (Å²) in [4.78, 5) is 0. The minimum atomic E-state index is -3.75. The largest absolute Gasteiger partial charge is 0.286 e. The van der Waals surface area contributed by atoms with E-state index in [-0.39, 0.29) is 5.75 Å². The molecule has 0 atom stereocenters. The number of hydrogen-bond acceptors (Lipinski definition) is 3. The molecule has 1 saturated carbocycles. The van der Waals surface area contributed by atoms with Gasteiger partial charge in [0.15, 0.2) is 0 Å². The van der Waals surface area contributed by atoms with Gasteiger partial charge in [-0.1, -0.05) is 19.3 Å². The molecule has 78 valence electrons. The molecule has 1 N–H and O–H groups in total. The van der Waals surface area contributed by atoms with Gasteiger partial charge in [0.05, 0.1) is 5.75 Å². The fourth-order valence-corrected chi connectivity index (χ4v) is 3.78. The Balaban J connectivity index is 2.11. The van der Waals surface area contributed by atoms with E-state index in [2.05, 4.69) is 0 Å². The number of rotatable bonds is 4. The smallest absolute Gasteiger partial charge is 0.265 e. The molecular weight excluding hydrogens is 208 g/mol. The van der Waals surface area contributed by atoms with Crippen LogP contribution in [0.2, 0.25) is 0 Å². The van der Waals surface area contributed by atoms with Crippen molar-refractivity contribution in [2.45, 2.75) is 37.4 Å². The summed E-state index contributed by atoms with van der Waals surface area (Å²) in [5.74, 6) is 0.428. The van der Waals surface area contributed by atoms with Gasteiger partial charge in [0.2, 0.25) is 0 Å². The maximum Gasteiger partial charge on any atom is 0.265 e. The molecule has 0 aromatic carbocycles. The zero-order valence-electron chi connectivity index (χ0n) is 7.61. The van der Waals surface area contributed by atoms with Gasteiger partial charge in [0, 0.05) is 11.0 Å². The lowest BCUT2D eigenvalue weighted by Gasteiger charge is -2.20. The lowest BCUT2D eigenvalue weighted by molar-refractivity contribution is 0.485. The monoisotopic (exact) mass is 224 g/mol. The van der Waals surface area contributed by atoms with Crippen LogP contribution in [0.1, 0.15) is 32.1 Å². The highest BCUT2D eigenvalue weighted by Crippen LogP contribution is 2.27. The van der Waals surface area contributed by atoms with E-state index < -0.39 is 10.1 Å². The molecule has 1 aliphatic carbocycles. The molecule has 0 aliphatic heterocycles. The molecule has 0 saturated heterocycles. The Morgan fingerprint density at radius 3 is 2.38 bits per heavy atom. The minimum Gasteiger partial charge on any atom is -0.286 e. The van der Waals surface area contributed by atoms with E-state index in [0.717, 1.165) is 0 Å². The summed E-state index contributed by atoms with van der Waals surface area (Å²) >= 11 is 1.69. The van der Waals surface area contributed by atoms with Crippen molar-refractivity contribution in [1.82, 2.24) is 0 Å². The summed E-state index contributed by atoms with van der Waals surface area (Å²) < 4.78 is 29.3. The highest BCUT2D eigenvalue weighted by molar-refractivity contribution is 8.00. The van der Waals surface area contributed by atoms with Crippen LogP contribution in [-0.4, -0.2) is 29.7 Å². The van der Waals surface area contributed by atoms with E-state index in [0.29, 0.717) is 11.0 Å². The molecule has 1 rings (SSSR count). The summed E-state index contributed by atoms with van der Waals surface area (Å²) in [6.45, 7) is 0. The predicted molar refractivity (Wildman–Crippen MR) is 55.7 cm³/mol. The van der Waals surface area contributed by atoms with Crippen LogP contribution in [0.25, 0.3) is 0 Å². The van der Waals surface area contributed by atoms with Crippen molar-refractivity contribution in [2.24, 2.45) is 0 Å². The van der Waals surface area contributed by atoms with Crippen LogP contribution in [0, 0.1) is 0 Å². The molecule has 0 radical (unpaired) electrons. The van der Waals surface area contributed by atoms with E-state index in [1.807, 2.05) is 0 Å². The highest BCUT2D eigenvalue weighted by atomic mass is 32.2. The van der Waals surface area contributed by atoms with Crippen molar-refractivity contribution in [1.29, 1.82) is 0 Å². The van der Waals surface area contributed by atoms with Crippen molar-refractivity contribution in [3.63, 3.8) is 0 Å². The van der Waals surface area contributed by atoms with Gasteiger partial charge in [-0.05, 0) is 12.8 Å². The van der Waals surface area contributed by atoms with Gasteiger partial charge in [-0.2, -0.15) is 20.2 Å². The van der Waals surface area contributed by atoms with Gasteiger partial charge in [0.1, 0.15) is 0 Å². The van der Waals surface area contributed by atoms with Crippen molar-refractivity contribution in [3.05, 3.63) is 0 Å². The maximum absolute atomic E-state index is 10.4. The fraction of sp³-hybridized carbons (Fsp3) is 1.00. The van der Waals surface area contributed by atoms with Crippen LogP contribution in [-0.2, 0) is 10.1 Å². The van der Waals surface area contributed by atoms with Gasteiger partial charge in [-0.3, -0.25) is 4.55 Å². The zero-order chi connectivity index (χ0) is 9.73. The first-order valence-corrected chi connectivity index (χ1v) is 7.30. The van der Waals surface area contributed by atoms with E-state index in [4.69, 9.17) is 4.55 Å². The molecule has 0 spiro atoms. The first kappa shape index (κ1) is 11.3. The van der Waals surface area contributed by atoms with Crippen LogP contribution < -0.4 is 0 Å². The first-order chi connectivity index (χ1) is 6.08. The summed E-state index contributed by atoms with van der Waals surface area (Å²) in [5, 5.41) is 0.621. The van der Waals surface area contributed by atoms with Crippen molar-refractivity contribution in [3.8, 4) is 0 Å². The van der Waals surface area contributed by atoms with Crippen molar-refractivity contribution in [2.75, 3.05) is 11.5 Å². The molecule has 0 amide bonds. The summed E-state index contributed by atoms with van der Waals surface area (Å²) in [7, 11) is -3.75. The third-order valence-electron chi connectivity index (χ3n) is 2.25. The predicted octanol–water partition coefficient (Wildman–Crippen LogP) is 1.94. The van der Waals surface area contributed by atoms with E-state index in [9.17, 15) is 8.42 Å². The zero-order valence-corrected chi connectivity index (χ0v) is 9.24. The van der Waals surface area contributed by atoms with Crippen LogP contribution in [0.3, 0.4) is 0 Å². The minimum absolute atomic E-state index is 0.103. The molecule has 0 heterocycles. The summed E-state index contributed by atoms with van der Waals surface area (Å²) in [6.07, 6.45) is 6.26. The quantitative estimate of drug-likeness (QED) is 0.741. The molecule has 3 nitrogen and oxygen atoms in total. The van der Waals surface area contributed by atoms with Gasteiger partial charge >= 0.3 is 0 Å². The Morgan fingerprint density at radius 1 is 1.23 bits per heavy atom. The Kier molecular flexibility index (Phi) is 4.55. The average molecular weight is 224 g/mol. The van der Waals surface area contributed by atoms with Gasteiger partial charge in [-0.25, -0.2) is 0 Å². The Morgan fingerprint density at radius 2 is 1.85 bits per heavy atom. The molecule has 1 aliphatic rings. The van der Waals surface area contributed by atoms with Crippen LogP contribution >= 0.6 is 11.8 Å². The summed E-state index contributed by atoms with van der Waals surface area (Å²) in [5.41, 5.74) is 0. The van der Waals surface area contributed by atoms with E-state index in [1.165, 1.54) is 32.1 Å². The normalized spacial score (nSPS) is 20.4. The van der Waals surface area contributed by atoms with Gasteiger partial charge < -0.3 is 0 Å². The highest BCUT2D eigenvalue weighted by Gasteiger charge is 2.14. The number of hydrogen-bond donors (Lipinski definition) is 1. The Hall–Kier alpha value is 0.260. The third-order valence-corrected chi connectivity index (χ3v) is 4.61. The third kappa shape index (κ3) is 5.54. The van der Waals surface area contributed by atoms with Crippen LogP contribution in [0.5, 0.6) is 0 Å². The topological polar surface area (TPSA) is 54.4 Å². The number of thioether (sulfide) groups is 1. The molecule has 0 unspecified atom stereocenters. The standard InChI is InChI=1S/C8H16O3S2/c9-13(10,11)7-6-12-8-4-2-1-3-5-8/h8H,1-7H2,(H,9,10,11). The molecule has 0 aromatic rings. The molecule has 0 aromatic heterocycles. The lowest BCUT2D eigenvalue weighted by Crippen LogP contribution is -2.12. The van der Waals surface area contributed by atoms with E-state index >= 15 is 0 Å². The molecular formula is C8H16O3S2. The van der Waals surface area contributed by atoms with Crippen molar-refractivity contribution >= 4 is 21.9 Å². The van der Waals surface area contributed by atoms with Crippen molar-refractivity contribution < 1.29 is 13.0 Å². The second-order valence-electron chi connectivity index (χ2n) is 3.42. The summed E-state index contributed by atoms with van der Waals surface area (Å²) in [6, 6.07) is 0. The van der Waals surface area contributed by atoms with Gasteiger partial charge in [-0.15, -0.1) is 0 Å². The Bertz CT molecular complexity index is 230. The average Bonchev–Trinajstić information content (AvgIpc) is 2.04. The molecule has 13 heavy (non-hydrogen) atoms. The SMILES string of the molecule is O=S(=O)(O)CCSC1CCCCC1. The van der Waals surface area contributed by atoms with Gasteiger partial charge in [0.25, 0.3) is 10.1 Å². The second-order valence-corrected chi connectivity index (χ2v) is 6.40. The molecule has 0 bridgehead atoms. The van der Waals surface area contributed by atoms with Crippen LogP contribution in [0.4, 0.5) is 0 Å². The molecule has 1 fully saturated rings. The van der Waals surface area contributed by atoms with Crippen LogP contribution in [0.15, 0.2) is 0 Å². The fourth-order valence-electron chi connectivity index (χ4n) is 1.55. The van der Waals surface area contributed by atoms with E-state index in [1.54, 1.807) is 11.8 Å². The lowest BCUT2D eigenvalue weighted by atomic mass is 10.0. The second kappa shape index (κ2) is 5.22. The maximum atomic E-state index is 10.4. The Labute approximate surface area is 84.0 Å².